The van der Waals surface area contributed by atoms with Gasteiger partial charge in [0.15, 0.2) is 11.5 Å². The van der Waals surface area contributed by atoms with E-state index >= 15 is 0 Å². The normalized spacial score (nSPS) is 16.4. The number of rotatable bonds is 6. The van der Waals surface area contributed by atoms with Gasteiger partial charge in [0.1, 0.15) is 17.2 Å². The quantitative estimate of drug-likeness (QED) is 0.340. The van der Waals surface area contributed by atoms with E-state index in [1.165, 1.54) is 5.56 Å². The van der Waals surface area contributed by atoms with Gasteiger partial charge in [-0.1, -0.05) is 12.1 Å². The Bertz CT molecular complexity index is 1630. The summed E-state index contributed by atoms with van der Waals surface area (Å²) in [5.74, 6) is 2.89. The molecule has 41 heavy (non-hydrogen) atoms. The van der Waals surface area contributed by atoms with Crippen molar-refractivity contribution in [1.29, 1.82) is 0 Å². The minimum atomic E-state index is 0.439. The summed E-state index contributed by atoms with van der Waals surface area (Å²) in [4.78, 5) is 30.1. The first kappa shape index (κ1) is 25.4. The molecule has 2 aliphatic heterocycles. The average Bonchev–Trinajstić information content (AvgIpc) is 3.41. The third-order valence-electron chi connectivity index (χ3n) is 7.71. The molecule has 0 atom stereocenters. The van der Waals surface area contributed by atoms with Crippen LogP contribution in [-0.4, -0.2) is 86.9 Å². The molecule has 1 aromatic carbocycles. The van der Waals surface area contributed by atoms with E-state index in [0.717, 1.165) is 85.8 Å². The SMILES string of the molecule is Nc1ncccc1-c1nc2ccc(N3CCOCC3)nc2n1-c1ccc(CN2CCN(c3ncccn3)CC2)cc1. The molecular weight excluding hydrogens is 516 g/mol. The van der Waals surface area contributed by atoms with Crippen molar-refractivity contribution in [2.45, 2.75) is 6.54 Å². The van der Waals surface area contributed by atoms with Crippen molar-refractivity contribution in [2.24, 2.45) is 0 Å². The molecule has 4 aromatic heterocycles. The van der Waals surface area contributed by atoms with Crippen LogP contribution < -0.4 is 15.5 Å². The molecule has 11 heteroatoms. The number of anilines is 3. The monoisotopic (exact) mass is 548 g/mol. The van der Waals surface area contributed by atoms with E-state index in [1.54, 1.807) is 18.6 Å². The molecule has 0 spiro atoms. The zero-order valence-electron chi connectivity index (χ0n) is 22.8. The van der Waals surface area contributed by atoms with Crippen LogP contribution in [0.2, 0.25) is 0 Å². The summed E-state index contributed by atoms with van der Waals surface area (Å²) < 4.78 is 7.64. The summed E-state index contributed by atoms with van der Waals surface area (Å²) in [6.07, 6.45) is 5.29. The Morgan fingerprint density at radius 1 is 0.732 bits per heavy atom. The molecule has 0 radical (unpaired) electrons. The molecule has 208 valence electrons. The largest absolute Gasteiger partial charge is 0.383 e. The molecule has 0 bridgehead atoms. The Hall–Kier alpha value is -4.61. The molecule has 2 fully saturated rings. The fourth-order valence-corrected chi connectivity index (χ4v) is 5.52. The van der Waals surface area contributed by atoms with Gasteiger partial charge >= 0.3 is 0 Å². The lowest BCUT2D eigenvalue weighted by Crippen LogP contribution is -2.46. The number of pyridine rings is 2. The number of nitrogens with two attached hydrogens (primary N) is 1. The maximum Gasteiger partial charge on any atom is 0.225 e. The minimum Gasteiger partial charge on any atom is -0.383 e. The van der Waals surface area contributed by atoms with Gasteiger partial charge in [0.2, 0.25) is 5.95 Å². The average molecular weight is 549 g/mol. The molecule has 0 amide bonds. The van der Waals surface area contributed by atoms with Crippen molar-refractivity contribution in [3.8, 4) is 17.1 Å². The van der Waals surface area contributed by atoms with E-state index in [4.69, 9.17) is 20.4 Å². The van der Waals surface area contributed by atoms with Crippen LogP contribution in [0.15, 0.2) is 73.2 Å². The van der Waals surface area contributed by atoms with Crippen LogP contribution >= 0.6 is 0 Å². The maximum absolute atomic E-state index is 6.32. The zero-order valence-corrected chi connectivity index (χ0v) is 22.8. The summed E-state index contributed by atoms with van der Waals surface area (Å²) in [6, 6.07) is 18.4. The third kappa shape index (κ3) is 5.17. The lowest BCUT2D eigenvalue weighted by molar-refractivity contribution is 0.122. The molecule has 0 unspecified atom stereocenters. The maximum atomic E-state index is 6.32. The van der Waals surface area contributed by atoms with Gasteiger partial charge in [-0.3, -0.25) is 9.47 Å². The number of nitrogen functional groups attached to an aromatic ring is 1. The van der Waals surface area contributed by atoms with Gasteiger partial charge < -0.3 is 20.3 Å². The molecule has 2 aliphatic rings. The molecule has 5 aromatic rings. The van der Waals surface area contributed by atoms with E-state index in [0.29, 0.717) is 19.0 Å². The molecule has 0 aliphatic carbocycles. The standard InChI is InChI=1S/C30H32N10O/c31-27-24(3-1-10-32-27)28-35-25-8-9-26(38-17-19-41-20-18-38)36-29(25)40(28)23-6-4-22(5-7-23)21-37-13-15-39(16-14-37)30-33-11-2-12-34-30/h1-12H,13-21H2,(H2,31,32). The van der Waals surface area contributed by atoms with Crippen molar-refractivity contribution in [3.63, 3.8) is 0 Å². The van der Waals surface area contributed by atoms with E-state index in [-0.39, 0.29) is 0 Å². The lowest BCUT2D eigenvalue weighted by atomic mass is 10.1. The predicted molar refractivity (Wildman–Crippen MR) is 159 cm³/mol. The zero-order chi connectivity index (χ0) is 27.6. The fraction of sp³-hybridized carbons (Fsp3) is 0.300. The molecule has 7 rings (SSSR count). The molecule has 0 saturated carbocycles. The number of ether oxygens (including phenoxy) is 1. The number of hydrogen-bond acceptors (Lipinski definition) is 10. The van der Waals surface area contributed by atoms with Gasteiger partial charge in [0.05, 0.1) is 18.8 Å². The van der Waals surface area contributed by atoms with Crippen molar-refractivity contribution >= 4 is 28.7 Å². The highest BCUT2D eigenvalue weighted by Crippen LogP contribution is 2.31. The van der Waals surface area contributed by atoms with Crippen LogP contribution in [-0.2, 0) is 11.3 Å². The smallest absolute Gasteiger partial charge is 0.225 e. The highest BCUT2D eigenvalue weighted by molar-refractivity contribution is 5.83. The Balaban J connectivity index is 1.17. The Kier molecular flexibility index (Phi) is 6.87. The number of benzene rings is 1. The lowest BCUT2D eigenvalue weighted by Gasteiger charge is -2.34. The van der Waals surface area contributed by atoms with E-state index in [2.05, 4.69) is 58.5 Å². The summed E-state index contributed by atoms with van der Waals surface area (Å²) in [7, 11) is 0. The molecule has 6 heterocycles. The summed E-state index contributed by atoms with van der Waals surface area (Å²) in [5.41, 5.74) is 10.9. The van der Waals surface area contributed by atoms with Gasteiger partial charge in [0.25, 0.3) is 0 Å². The van der Waals surface area contributed by atoms with Crippen molar-refractivity contribution < 1.29 is 4.74 Å². The number of hydrogen-bond donors (Lipinski definition) is 1. The number of fused-ring (bicyclic) bond motifs is 1. The van der Waals surface area contributed by atoms with Gasteiger partial charge in [-0.2, -0.15) is 0 Å². The predicted octanol–water partition coefficient (Wildman–Crippen LogP) is 3.01. The van der Waals surface area contributed by atoms with Crippen LogP contribution in [0.1, 0.15) is 5.56 Å². The van der Waals surface area contributed by atoms with Crippen molar-refractivity contribution in [3.05, 3.63) is 78.8 Å². The number of imidazole rings is 1. The molecule has 11 nitrogen and oxygen atoms in total. The third-order valence-corrected chi connectivity index (χ3v) is 7.71. The summed E-state index contributed by atoms with van der Waals surface area (Å²) in [6.45, 7) is 7.67. The first-order chi connectivity index (χ1) is 20.2. The van der Waals surface area contributed by atoms with Gasteiger partial charge in [-0.15, -0.1) is 0 Å². The molecule has 2 saturated heterocycles. The van der Waals surface area contributed by atoms with Crippen LogP contribution in [0.3, 0.4) is 0 Å². The Labute approximate surface area is 238 Å². The second kappa shape index (κ2) is 11.1. The number of morpholine rings is 1. The van der Waals surface area contributed by atoms with Crippen LogP contribution in [0.4, 0.5) is 17.6 Å². The van der Waals surface area contributed by atoms with Crippen molar-refractivity contribution in [1.82, 2.24) is 34.4 Å². The molecular formula is C30H32N10O. The Morgan fingerprint density at radius 2 is 1.49 bits per heavy atom. The van der Waals surface area contributed by atoms with Gasteiger partial charge in [-0.05, 0) is 48.0 Å². The number of aromatic nitrogens is 6. The topological polar surface area (TPSA) is 114 Å². The van der Waals surface area contributed by atoms with Gasteiger partial charge in [0, 0.05) is 70.1 Å². The molecule has 2 N–H and O–H groups in total. The number of nitrogens with zero attached hydrogens (tertiary/aromatic N) is 9. The Morgan fingerprint density at radius 3 is 2.24 bits per heavy atom. The second-order valence-electron chi connectivity index (χ2n) is 10.3. The summed E-state index contributed by atoms with van der Waals surface area (Å²) in [5, 5.41) is 0. The first-order valence-electron chi connectivity index (χ1n) is 14.0. The fourth-order valence-electron chi connectivity index (χ4n) is 5.52. The van der Waals surface area contributed by atoms with E-state index in [9.17, 15) is 0 Å². The number of piperazine rings is 1. The summed E-state index contributed by atoms with van der Waals surface area (Å²) >= 11 is 0. The highest BCUT2D eigenvalue weighted by atomic mass is 16.5. The van der Waals surface area contributed by atoms with E-state index in [1.807, 2.05) is 30.3 Å². The van der Waals surface area contributed by atoms with Crippen molar-refractivity contribution in [2.75, 3.05) is 68.0 Å². The second-order valence-corrected chi connectivity index (χ2v) is 10.3. The van der Waals surface area contributed by atoms with Gasteiger partial charge in [-0.25, -0.2) is 24.9 Å². The van der Waals surface area contributed by atoms with Crippen LogP contribution in [0.25, 0.3) is 28.2 Å². The van der Waals surface area contributed by atoms with Crippen LogP contribution in [0.5, 0.6) is 0 Å². The van der Waals surface area contributed by atoms with E-state index < -0.39 is 0 Å². The minimum absolute atomic E-state index is 0.439. The highest BCUT2D eigenvalue weighted by Gasteiger charge is 2.22. The first-order valence-corrected chi connectivity index (χ1v) is 14.0. The van der Waals surface area contributed by atoms with Crippen LogP contribution in [0, 0.1) is 0 Å².